The van der Waals surface area contributed by atoms with E-state index in [1.54, 1.807) is 11.1 Å². The standard InChI is InChI=1S/C13H23NS.C2H6/c1-5-12-10(2)13(15-11(12)3)6-8-14(4)9-7-13;1-2/h11H,5-9H2,1-4H3;1-2H3. The lowest BCUT2D eigenvalue weighted by molar-refractivity contribution is 0.254. The molecule has 100 valence electrons. The lowest BCUT2D eigenvalue weighted by Crippen LogP contribution is -2.40. The van der Waals surface area contributed by atoms with Crippen molar-refractivity contribution in [2.75, 3.05) is 20.1 Å². The van der Waals surface area contributed by atoms with E-state index < -0.39 is 0 Å². The van der Waals surface area contributed by atoms with Gasteiger partial charge in [0.25, 0.3) is 0 Å². The maximum absolute atomic E-state index is 2.47. The molecule has 0 aromatic heterocycles. The molecular formula is C15H29NS. The minimum Gasteiger partial charge on any atom is -0.306 e. The summed E-state index contributed by atoms with van der Waals surface area (Å²) in [5.41, 5.74) is 3.44. The topological polar surface area (TPSA) is 3.24 Å². The molecule has 2 aliphatic heterocycles. The smallest absolute Gasteiger partial charge is 0.0398 e. The van der Waals surface area contributed by atoms with Gasteiger partial charge < -0.3 is 4.90 Å². The first-order valence-corrected chi connectivity index (χ1v) is 8.03. The average molecular weight is 255 g/mol. The fraction of sp³-hybridized carbons (Fsp3) is 0.867. The van der Waals surface area contributed by atoms with E-state index in [0.29, 0.717) is 4.75 Å². The number of nitrogens with zero attached hydrogens (tertiary/aromatic N) is 1. The molecule has 0 aromatic carbocycles. The summed E-state index contributed by atoms with van der Waals surface area (Å²) in [6.45, 7) is 13.6. The molecule has 2 aliphatic rings. The number of thioether (sulfide) groups is 1. The molecule has 0 amide bonds. The van der Waals surface area contributed by atoms with E-state index in [0.717, 1.165) is 5.25 Å². The van der Waals surface area contributed by atoms with Crippen LogP contribution in [0.2, 0.25) is 0 Å². The molecule has 1 fully saturated rings. The van der Waals surface area contributed by atoms with Gasteiger partial charge in [0.1, 0.15) is 0 Å². The molecule has 0 N–H and O–H groups in total. The summed E-state index contributed by atoms with van der Waals surface area (Å²) in [6, 6.07) is 0. The van der Waals surface area contributed by atoms with Gasteiger partial charge in [-0.25, -0.2) is 0 Å². The molecule has 0 aromatic rings. The van der Waals surface area contributed by atoms with E-state index in [1.807, 2.05) is 13.8 Å². The van der Waals surface area contributed by atoms with Crippen molar-refractivity contribution in [1.29, 1.82) is 0 Å². The van der Waals surface area contributed by atoms with Crippen molar-refractivity contribution in [3.63, 3.8) is 0 Å². The lowest BCUT2D eigenvalue weighted by Gasteiger charge is -2.38. The molecule has 2 heterocycles. The molecule has 1 atom stereocenters. The summed E-state index contributed by atoms with van der Waals surface area (Å²) in [4.78, 5) is 2.47. The van der Waals surface area contributed by atoms with Crippen LogP contribution in [0.25, 0.3) is 0 Å². The van der Waals surface area contributed by atoms with E-state index in [2.05, 4.69) is 44.5 Å². The van der Waals surface area contributed by atoms with Crippen LogP contribution < -0.4 is 0 Å². The highest BCUT2D eigenvalue weighted by molar-refractivity contribution is 8.02. The first-order valence-electron chi connectivity index (χ1n) is 7.15. The first-order chi connectivity index (χ1) is 8.09. The van der Waals surface area contributed by atoms with Crippen molar-refractivity contribution in [2.45, 2.75) is 63.9 Å². The van der Waals surface area contributed by atoms with Crippen LogP contribution in [0.1, 0.15) is 53.9 Å². The van der Waals surface area contributed by atoms with Gasteiger partial charge in [0, 0.05) is 10.00 Å². The number of hydrogen-bond acceptors (Lipinski definition) is 2. The fourth-order valence-corrected chi connectivity index (χ4v) is 5.01. The summed E-state index contributed by atoms with van der Waals surface area (Å²) >= 11 is 2.23. The Bertz CT molecular complexity index is 275. The first kappa shape index (κ1) is 15.1. The van der Waals surface area contributed by atoms with E-state index in [-0.39, 0.29) is 0 Å². The SMILES string of the molecule is CC.CCC1=C(C)C2(CCN(C)CC2)SC1C. The second-order valence-corrected chi connectivity index (χ2v) is 6.79. The Kier molecular flexibility index (Phi) is 5.59. The van der Waals surface area contributed by atoms with Gasteiger partial charge in [-0.2, -0.15) is 0 Å². The van der Waals surface area contributed by atoms with Gasteiger partial charge >= 0.3 is 0 Å². The molecule has 0 saturated carbocycles. The summed E-state index contributed by atoms with van der Waals surface area (Å²) in [6.07, 6.45) is 3.96. The third-order valence-corrected chi connectivity index (χ3v) is 6.04. The van der Waals surface area contributed by atoms with Crippen LogP contribution >= 0.6 is 11.8 Å². The van der Waals surface area contributed by atoms with Crippen molar-refractivity contribution >= 4 is 11.8 Å². The van der Waals surface area contributed by atoms with E-state index in [1.165, 1.54) is 32.4 Å². The average Bonchev–Trinajstić information content (AvgIpc) is 2.58. The number of hydrogen-bond donors (Lipinski definition) is 0. The van der Waals surface area contributed by atoms with Gasteiger partial charge in [0.2, 0.25) is 0 Å². The van der Waals surface area contributed by atoms with Crippen LogP contribution in [-0.4, -0.2) is 35.0 Å². The Morgan fingerprint density at radius 1 is 1.29 bits per heavy atom. The largest absolute Gasteiger partial charge is 0.306 e. The van der Waals surface area contributed by atoms with Crippen molar-refractivity contribution in [2.24, 2.45) is 0 Å². The maximum atomic E-state index is 2.47. The molecule has 1 saturated heterocycles. The Labute approximate surface area is 112 Å². The van der Waals surface area contributed by atoms with Crippen LogP contribution in [0, 0.1) is 0 Å². The normalized spacial score (nSPS) is 28.2. The third-order valence-electron chi connectivity index (χ3n) is 4.23. The monoisotopic (exact) mass is 255 g/mol. The Morgan fingerprint density at radius 3 is 2.24 bits per heavy atom. The summed E-state index contributed by atoms with van der Waals surface area (Å²) < 4.78 is 0.511. The molecule has 1 unspecified atom stereocenters. The van der Waals surface area contributed by atoms with Gasteiger partial charge in [-0.1, -0.05) is 31.9 Å². The van der Waals surface area contributed by atoms with Crippen molar-refractivity contribution in [1.82, 2.24) is 4.90 Å². The second kappa shape index (κ2) is 6.29. The molecule has 17 heavy (non-hydrogen) atoms. The summed E-state index contributed by atoms with van der Waals surface area (Å²) in [5.74, 6) is 0. The van der Waals surface area contributed by atoms with E-state index in [4.69, 9.17) is 0 Å². The zero-order valence-corrected chi connectivity index (χ0v) is 13.3. The highest BCUT2D eigenvalue weighted by Crippen LogP contribution is 2.53. The lowest BCUT2D eigenvalue weighted by atomic mass is 9.85. The van der Waals surface area contributed by atoms with Gasteiger partial charge in [0.15, 0.2) is 0 Å². The highest BCUT2D eigenvalue weighted by atomic mass is 32.2. The highest BCUT2D eigenvalue weighted by Gasteiger charge is 2.43. The predicted octanol–water partition coefficient (Wildman–Crippen LogP) is 4.34. The molecule has 2 rings (SSSR count). The molecular weight excluding hydrogens is 226 g/mol. The molecule has 2 heteroatoms. The quantitative estimate of drug-likeness (QED) is 0.641. The van der Waals surface area contributed by atoms with Gasteiger partial charge in [-0.15, -0.1) is 11.8 Å². The van der Waals surface area contributed by atoms with Crippen LogP contribution in [-0.2, 0) is 0 Å². The van der Waals surface area contributed by atoms with Gasteiger partial charge in [-0.05, 0) is 53.2 Å². The minimum atomic E-state index is 0.511. The van der Waals surface area contributed by atoms with Gasteiger partial charge in [0.05, 0.1) is 0 Å². The number of rotatable bonds is 1. The van der Waals surface area contributed by atoms with E-state index >= 15 is 0 Å². The van der Waals surface area contributed by atoms with E-state index in [9.17, 15) is 0 Å². The van der Waals surface area contributed by atoms with Crippen LogP contribution in [0.15, 0.2) is 11.1 Å². The molecule has 1 spiro atoms. The zero-order valence-electron chi connectivity index (χ0n) is 12.5. The fourth-order valence-electron chi connectivity index (χ4n) is 3.12. The third kappa shape index (κ3) is 2.90. The summed E-state index contributed by atoms with van der Waals surface area (Å²) in [7, 11) is 2.25. The number of likely N-dealkylation sites (tertiary alicyclic amines) is 1. The van der Waals surface area contributed by atoms with Crippen molar-refractivity contribution in [3.05, 3.63) is 11.1 Å². The molecule has 0 aliphatic carbocycles. The zero-order chi connectivity index (χ0) is 13.1. The van der Waals surface area contributed by atoms with Crippen LogP contribution in [0.3, 0.4) is 0 Å². The molecule has 0 bridgehead atoms. The van der Waals surface area contributed by atoms with Crippen LogP contribution in [0.4, 0.5) is 0 Å². The number of piperidine rings is 1. The Morgan fingerprint density at radius 2 is 1.82 bits per heavy atom. The predicted molar refractivity (Wildman–Crippen MR) is 80.9 cm³/mol. The summed E-state index contributed by atoms with van der Waals surface area (Å²) in [5, 5.41) is 0.762. The molecule has 1 nitrogen and oxygen atoms in total. The Hall–Kier alpha value is 0.0500. The van der Waals surface area contributed by atoms with Gasteiger partial charge in [-0.3, -0.25) is 0 Å². The maximum Gasteiger partial charge on any atom is 0.0398 e. The van der Waals surface area contributed by atoms with Crippen LogP contribution in [0.5, 0.6) is 0 Å². The second-order valence-electron chi connectivity index (χ2n) is 5.06. The molecule has 0 radical (unpaired) electrons. The Balaban J connectivity index is 0.000000686. The van der Waals surface area contributed by atoms with Crippen molar-refractivity contribution < 1.29 is 0 Å². The van der Waals surface area contributed by atoms with Crippen molar-refractivity contribution in [3.8, 4) is 0 Å². The minimum absolute atomic E-state index is 0.511.